The number of fused-ring (bicyclic) bond motifs is 1. The summed E-state index contributed by atoms with van der Waals surface area (Å²) >= 11 is 0. The topological polar surface area (TPSA) is 64.0 Å². The molecule has 5 nitrogen and oxygen atoms in total. The predicted molar refractivity (Wildman–Crippen MR) is 131 cm³/mol. The van der Waals surface area contributed by atoms with Crippen molar-refractivity contribution in [1.82, 2.24) is 9.55 Å². The van der Waals surface area contributed by atoms with Gasteiger partial charge in [-0.15, -0.1) is 0 Å². The summed E-state index contributed by atoms with van der Waals surface area (Å²) in [6, 6.07) is 19.6. The molecule has 3 aromatic carbocycles. The molecule has 6 heteroatoms. The summed E-state index contributed by atoms with van der Waals surface area (Å²) in [6.07, 6.45) is 1.57. The molecule has 0 saturated carbocycles. The summed E-state index contributed by atoms with van der Waals surface area (Å²) in [6.45, 7) is 8.64. The van der Waals surface area contributed by atoms with E-state index >= 15 is 0 Å². The standard InChI is InChI=1S/C26H29N3O2S/c1-5-29-24-12-7-6-11-23(24)27-25(29)14-13-21-9-8-10-22(17-21)28-32(30,31)26-19(3)15-18(2)16-20(26)4/h6-12,15-17,28H,5,13-14H2,1-4H3. The van der Waals surface area contributed by atoms with Crippen molar-refractivity contribution in [2.75, 3.05) is 4.72 Å². The Kier molecular flexibility index (Phi) is 6.07. The Morgan fingerprint density at radius 2 is 1.62 bits per heavy atom. The fourth-order valence-electron chi connectivity index (χ4n) is 4.51. The normalized spacial score (nSPS) is 11.8. The predicted octanol–water partition coefficient (Wildman–Crippen LogP) is 5.57. The van der Waals surface area contributed by atoms with Gasteiger partial charge in [-0.3, -0.25) is 4.72 Å². The maximum Gasteiger partial charge on any atom is 0.262 e. The number of rotatable bonds is 7. The quantitative estimate of drug-likeness (QED) is 0.403. The van der Waals surface area contributed by atoms with Gasteiger partial charge in [0.2, 0.25) is 0 Å². The second-order valence-electron chi connectivity index (χ2n) is 8.29. The van der Waals surface area contributed by atoms with E-state index in [1.54, 1.807) is 6.07 Å². The molecule has 0 amide bonds. The second-order valence-corrected chi connectivity index (χ2v) is 9.91. The summed E-state index contributed by atoms with van der Waals surface area (Å²) in [5.41, 5.74) is 6.36. The van der Waals surface area contributed by atoms with Gasteiger partial charge in [0.05, 0.1) is 15.9 Å². The third kappa shape index (κ3) is 4.41. The van der Waals surface area contributed by atoms with E-state index in [-0.39, 0.29) is 0 Å². The van der Waals surface area contributed by atoms with Crippen molar-refractivity contribution in [3.05, 3.63) is 88.7 Å². The van der Waals surface area contributed by atoms with Crippen LogP contribution in [0.1, 0.15) is 35.0 Å². The van der Waals surface area contributed by atoms with Crippen LogP contribution < -0.4 is 4.72 Å². The molecule has 4 aromatic rings. The van der Waals surface area contributed by atoms with E-state index in [1.807, 2.05) is 69.3 Å². The van der Waals surface area contributed by atoms with Gasteiger partial charge in [0, 0.05) is 18.7 Å². The number of nitrogens with one attached hydrogen (secondary N) is 1. The van der Waals surface area contributed by atoms with Crippen molar-refractivity contribution in [3.8, 4) is 0 Å². The molecule has 32 heavy (non-hydrogen) atoms. The average Bonchev–Trinajstić information content (AvgIpc) is 3.08. The molecular weight excluding hydrogens is 418 g/mol. The molecule has 0 saturated heterocycles. The molecule has 0 atom stereocenters. The van der Waals surface area contributed by atoms with E-state index in [0.29, 0.717) is 10.6 Å². The van der Waals surface area contributed by atoms with Gasteiger partial charge in [-0.25, -0.2) is 13.4 Å². The molecular formula is C26H29N3O2S. The molecule has 4 rings (SSSR count). The Hall–Kier alpha value is -3.12. The Labute approximate surface area is 190 Å². The van der Waals surface area contributed by atoms with Crippen molar-refractivity contribution in [1.29, 1.82) is 0 Å². The second kappa shape index (κ2) is 8.79. The number of aryl methyl sites for hydroxylation is 6. The molecule has 0 aliphatic carbocycles. The van der Waals surface area contributed by atoms with Crippen molar-refractivity contribution in [2.24, 2.45) is 0 Å². The minimum absolute atomic E-state index is 0.352. The lowest BCUT2D eigenvalue weighted by Gasteiger charge is -2.14. The van der Waals surface area contributed by atoms with Crippen LogP contribution in [0.3, 0.4) is 0 Å². The van der Waals surface area contributed by atoms with E-state index in [4.69, 9.17) is 4.98 Å². The van der Waals surface area contributed by atoms with Crippen LogP contribution in [0.2, 0.25) is 0 Å². The van der Waals surface area contributed by atoms with Gasteiger partial charge in [0.25, 0.3) is 10.0 Å². The van der Waals surface area contributed by atoms with Crippen LogP contribution in [0.4, 0.5) is 5.69 Å². The summed E-state index contributed by atoms with van der Waals surface area (Å²) in [7, 11) is -3.67. The first kappa shape index (κ1) is 22.1. The van der Waals surface area contributed by atoms with Crippen LogP contribution in [-0.2, 0) is 29.4 Å². The highest BCUT2D eigenvalue weighted by Crippen LogP contribution is 2.25. The molecule has 0 bridgehead atoms. The Bertz CT molecular complexity index is 1360. The van der Waals surface area contributed by atoms with Crippen LogP contribution in [0, 0.1) is 20.8 Å². The fourth-order valence-corrected chi connectivity index (χ4v) is 6.02. The van der Waals surface area contributed by atoms with Gasteiger partial charge in [-0.05, 0) is 75.1 Å². The third-order valence-electron chi connectivity index (χ3n) is 5.74. The van der Waals surface area contributed by atoms with E-state index in [2.05, 4.69) is 22.3 Å². The number of nitrogens with zero attached hydrogens (tertiary/aromatic N) is 2. The van der Waals surface area contributed by atoms with E-state index in [0.717, 1.165) is 58.5 Å². The first-order valence-corrected chi connectivity index (χ1v) is 12.4. The number of anilines is 1. The number of para-hydroxylation sites is 2. The van der Waals surface area contributed by atoms with Crippen molar-refractivity contribution >= 4 is 26.7 Å². The van der Waals surface area contributed by atoms with Crippen LogP contribution in [0.15, 0.2) is 65.6 Å². The van der Waals surface area contributed by atoms with Gasteiger partial charge in [0.1, 0.15) is 5.82 Å². The first-order valence-electron chi connectivity index (χ1n) is 10.9. The summed E-state index contributed by atoms with van der Waals surface area (Å²) in [4.78, 5) is 5.15. The van der Waals surface area contributed by atoms with Gasteiger partial charge < -0.3 is 4.57 Å². The summed E-state index contributed by atoms with van der Waals surface area (Å²) < 4.78 is 31.2. The summed E-state index contributed by atoms with van der Waals surface area (Å²) in [5, 5.41) is 0. The van der Waals surface area contributed by atoms with Crippen LogP contribution in [0.5, 0.6) is 0 Å². The SMILES string of the molecule is CCn1c(CCc2cccc(NS(=O)(=O)c3c(C)cc(C)cc3C)c2)nc2ccccc21. The third-order valence-corrected chi connectivity index (χ3v) is 7.43. The monoisotopic (exact) mass is 447 g/mol. The van der Waals surface area contributed by atoms with Crippen LogP contribution in [0.25, 0.3) is 11.0 Å². The molecule has 0 unspecified atom stereocenters. The number of sulfonamides is 1. The lowest BCUT2D eigenvalue weighted by Crippen LogP contribution is -2.16. The fraction of sp³-hybridized carbons (Fsp3) is 0.269. The first-order chi connectivity index (χ1) is 15.3. The van der Waals surface area contributed by atoms with E-state index in [9.17, 15) is 8.42 Å². The molecule has 0 fully saturated rings. The number of imidazole rings is 1. The highest BCUT2D eigenvalue weighted by atomic mass is 32.2. The molecule has 0 aliphatic heterocycles. The minimum Gasteiger partial charge on any atom is -0.328 e. The van der Waals surface area contributed by atoms with Crippen LogP contribution in [-0.4, -0.2) is 18.0 Å². The van der Waals surface area contributed by atoms with Crippen LogP contribution >= 0.6 is 0 Å². The molecule has 166 valence electrons. The Balaban J connectivity index is 1.55. The van der Waals surface area contributed by atoms with E-state index in [1.165, 1.54) is 0 Å². The molecule has 1 aromatic heterocycles. The highest BCUT2D eigenvalue weighted by molar-refractivity contribution is 7.92. The van der Waals surface area contributed by atoms with Crippen molar-refractivity contribution in [3.63, 3.8) is 0 Å². The summed E-state index contributed by atoms with van der Waals surface area (Å²) in [5.74, 6) is 1.05. The largest absolute Gasteiger partial charge is 0.328 e. The lowest BCUT2D eigenvalue weighted by molar-refractivity contribution is 0.600. The molecule has 0 spiro atoms. The van der Waals surface area contributed by atoms with Gasteiger partial charge in [-0.1, -0.05) is 42.0 Å². The maximum atomic E-state index is 13.1. The van der Waals surface area contributed by atoms with Crippen molar-refractivity contribution < 1.29 is 8.42 Å². The number of benzene rings is 3. The lowest BCUT2D eigenvalue weighted by atomic mass is 10.1. The minimum atomic E-state index is -3.67. The molecule has 1 N–H and O–H groups in total. The molecule has 0 aliphatic rings. The van der Waals surface area contributed by atoms with E-state index < -0.39 is 10.0 Å². The zero-order valence-corrected chi connectivity index (χ0v) is 19.8. The highest BCUT2D eigenvalue weighted by Gasteiger charge is 2.20. The number of hydrogen-bond acceptors (Lipinski definition) is 3. The zero-order valence-electron chi connectivity index (χ0n) is 19.0. The van der Waals surface area contributed by atoms with Gasteiger partial charge in [-0.2, -0.15) is 0 Å². The zero-order chi connectivity index (χ0) is 22.9. The Morgan fingerprint density at radius 3 is 2.34 bits per heavy atom. The smallest absolute Gasteiger partial charge is 0.262 e. The van der Waals surface area contributed by atoms with Gasteiger partial charge >= 0.3 is 0 Å². The molecule has 1 heterocycles. The Morgan fingerprint density at radius 1 is 0.906 bits per heavy atom. The number of hydrogen-bond donors (Lipinski definition) is 1. The molecule has 0 radical (unpaired) electrons. The van der Waals surface area contributed by atoms with Crippen molar-refractivity contribution in [2.45, 2.75) is 52.0 Å². The van der Waals surface area contributed by atoms with Gasteiger partial charge in [0.15, 0.2) is 0 Å². The maximum absolute atomic E-state index is 13.1. The number of aromatic nitrogens is 2. The average molecular weight is 448 g/mol.